The molecule has 2 N–H and O–H groups in total. The van der Waals surface area contributed by atoms with Crippen molar-refractivity contribution in [3.05, 3.63) is 66.5 Å². The first-order valence-corrected chi connectivity index (χ1v) is 14.3. The summed E-state index contributed by atoms with van der Waals surface area (Å²) >= 11 is 0. The molecule has 0 aliphatic carbocycles. The number of carbonyl (C=O) groups excluding carboxylic acids is 2. The zero-order valence-electron chi connectivity index (χ0n) is 24.1. The lowest BCUT2D eigenvalue weighted by Gasteiger charge is -2.42. The van der Waals surface area contributed by atoms with Gasteiger partial charge >= 0.3 is 5.97 Å². The van der Waals surface area contributed by atoms with E-state index in [-0.39, 0.29) is 24.0 Å². The van der Waals surface area contributed by atoms with Gasteiger partial charge in [-0.15, -0.1) is 0 Å². The lowest BCUT2D eigenvalue weighted by Crippen LogP contribution is -2.59. The van der Waals surface area contributed by atoms with Crippen molar-refractivity contribution in [3.8, 4) is 5.75 Å². The molecule has 2 aliphatic rings. The van der Waals surface area contributed by atoms with Crippen LogP contribution in [0.5, 0.6) is 5.75 Å². The van der Waals surface area contributed by atoms with Crippen LogP contribution in [0.3, 0.4) is 0 Å². The predicted molar refractivity (Wildman–Crippen MR) is 161 cm³/mol. The first-order chi connectivity index (χ1) is 20.5. The third kappa shape index (κ3) is 7.61. The molecule has 222 valence electrons. The van der Waals surface area contributed by atoms with Gasteiger partial charge in [0.15, 0.2) is 0 Å². The molecule has 42 heavy (non-hydrogen) atoms. The summed E-state index contributed by atoms with van der Waals surface area (Å²) in [5.41, 5.74) is 2.37. The third-order valence-corrected chi connectivity index (χ3v) is 7.49. The lowest BCUT2D eigenvalue weighted by molar-refractivity contribution is -0.157. The minimum absolute atomic E-state index is 0.0118. The highest BCUT2D eigenvalue weighted by molar-refractivity contribution is 6.03. The van der Waals surface area contributed by atoms with E-state index in [0.717, 1.165) is 30.6 Å². The molecule has 1 aromatic heterocycles. The first-order valence-electron chi connectivity index (χ1n) is 14.3. The number of carbonyl (C=O) groups is 2. The number of cyclic esters (lactones) is 1. The average molecular weight is 575 g/mol. The molecular formula is C31H38N6O5. The number of aromatic nitrogens is 2. The van der Waals surface area contributed by atoms with Gasteiger partial charge in [0.2, 0.25) is 5.91 Å². The second-order valence-corrected chi connectivity index (χ2v) is 10.5. The molecule has 3 aromatic rings. The van der Waals surface area contributed by atoms with E-state index >= 15 is 0 Å². The van der Waals surface area contributed by atoms with Crippen molar-refractivity contribution >= 4 is 34.3 Å². The van der Waals surface area contributed by atoms with E-state index in [1.807, 2.05) is 36.4 Å². The number of anilines is 2. The summed E-state index contributed by atoms with van der Waals surface area (Å²) in [4.78, 5) is 38.0. The Morgan fingerprint density at radius 3 is 2.88 bits per heavy atom. The molecule has 5 rings (SSSR count). The van der Waals surface area contributed by atoms with Crippen LogP contribution in [-0.4, -0.2) is 97.3 Å². The number of rotatable bonds is 12. The summed E-state index contributed by atoms with van der Waals surface area (Å²) in [6.07, 6.45) is 5.64. The number of hydrogen-bond donors (Lipinski definition) is 2. The predicted octanol–water partition coefficient (Wildman–Crippen LogP) is 3.26. The number of esters is 1. The van der Waals surface area contributed by atoms with Crippen LogP contribution in [0.1, 0.15) is 24.9 Å². The largest absolute Gasteiger partial charge is 0.491 e. The monoisotopic (exact) mass is 574 g/mol. The SMILES string of the molecule is COCCCOc1cc2ncnc(NC(C)c3ccccc3)c2cc1NC(=O)C=CCN1CCN2CC(=O)OC[C@H]2C1. The molecule has 2 fully saturated rings. The van der Waals surface area contributed by atoms with E-state index in [4.69, 9.17) is 14.2 Å². The van der Waals surface area contributed by atoms with E-state index in [1.165, 1.54) is 6.33 Å². The minimum atomic E-state index is -0.259. The number of fused-ring (bicyclic) bond motifs is 2. The number of methoxy groups -OCH3 is 1. The van der Waals surface area contributed by atoms with E-state index in [1.54, 1.807) is 13.2 Å². The fourth-order valence-electron chi connectivity index (χ4n) is 5.20. The quantitative estimate of drug-likeness (QED) is 0.190. The van der Waals surface area contributed by atoms with E-state index < -0.39 is 0 Å². The fourth-order valence-corrected chi connectivity index (χ4v) is 5.20. The molecule has 2 saturated heterocycles. The van der Waals surface area contributed by atoms with Crippen LogP contribution in [0.2, 0.25) is 0 Å². The van der Waals surface area contributed by atoms with Crippen LogP contribution in [-0.2, 0) is 19.1 Å². The van der Waals surface area contributed by atoms with Crippen molar-refractivity contribution in [2.45, 2.75) is 25.4 Å². The molecule has 11 heteroatoms. The fraction of sp³-hybridized carbons (Fsp3) is 0.419. The maximum Gasteiger partial charge on any atom is 0.320 e. The van der Waals surface area contributed by atoms with Gasteiger partial charge in [0.25, 0.3) is 0 Å². The molecule has 3 heterocycles. The number of nitrogens with one attached hydrogen (secondary N) is 2. The molecule has 0 saturated carbocycles. The van der Waals surface area contributed by atoms with Gasteiger partial charge in [-0.05, 0) is 18.6 Å². The smallest absolute Gasteiger partial charge is 0.320 e. The Balaban J connectivity index is 1.29. The Bertz CT molecular complexity index is 1400. The summed E-state index contributed by atoms with van der Waals surface area (Å²) in [5.74, 6) is 0.780. The third-order valence-electron chi connectivity index (χ3n) is 7.49. The Labute approximate surface area is 245 Å². The molecule has 1 amide bonds. The zero-order valence-corrected chi connectivity index (χ0v) is 24.1. The maximum atomic E-state index is 13.0. The van der Waals surface area contributed by atoms with Crippen LogP contribution in [0.25, 0.3) is 10.9 Å². The summed E-state index contributed by atoms with van der Waals surface area (Å²) in [6.45, 7) is 6.91. The highest BCUT2D eigenvalue weighted by Crippen LogP contribution is 2.33. The molecular weight excluding hydrogens is 536 g/mol. The topological polar surface area (TPSA) is 118 Å². The number of piperazine rings is 1. The summed E-state index contributed by atoms with van der Waals surface area (Å²) < 4.78 is 16.4. The summed E-state index contributed by atoms with van der Waals surface area (Å²) in [6, 6.07) is 14.0. The second-order valence-electron chi connectivity index (χ2n) is 10.5. The van der Waals surface area contributed by atoms with E-state index in [0.29, 0.717) is 62.1 Å². The van der Waals surface area contributed by atoms with Crippen molar-refractivity contribution in [3.63, 3.8) is 0 Å². The van der Waals surface area contributed by atoms with Crippen LogP contribution >= 0.6 is 0 Å². The zero-order chi connectivity index (χ0) is 29.3. The van der Waals surface area contributed by atoms with Crippen molar-refractivity contribution in [1.82, 2.24) is 19.8 Å². The molecule has 0 radical (unpaired) electrons. The molecule has 0 bridgehead atoms. The van der Waals surface area contributed by atoms with Crippen LogP contribution in [0.15, 0.2) is 60.9 Å². The number of morpholine rings is 1. The van der Waals surface area contributed by atoms with Gasteiger partial charge in [-0.2, -0.15) is 0 Å². The average Bonchev–Trinajstić information content (AvgIpc) is 3.00. The molecule has 2 aromatic carbocycles. The Kier molecular flexibility index (Phi) is 9.96. The maximum absolute atomic E-state index is 13.0. The summed E-state index contributed by atoms with van der Waals surface area (Å²) in [7, 11) is 1.65. The lowest BCUT2D eigenvalue weighted by atomic mass is 10.1. The van der Waals surface area contributed by atoms with Gasteiger partial charge in [-0.25, -0.2) is 9.97 Å². The van der Waals surface area contributed by atoms with Crippen LogP contribution in [0.4, 0.5) is 11.5 Å². The number of hydrogen-bond acceptors (Lipinski definition) is 10. The van der Waals surface area contributed by atoms with Gasteiger partial charge in [-0.1, -0.05) is 36.4 Å². The van der Waals surface area contributed by atoms with Crippen molar-refractivity contribution < 1.29 is 23.8 Å². The Morgan fingerprint density at radius 1 is 1.19 bits per heavy atom. The first kappa shape index (κ1) is 29.4. The molecule has 2 atom stereocenters. The van der Waals surface area contributed by atoms with Crippen LogP contribution in [0, 0.1) is 0 Å². The van der Waals surface area contributed by atoms with Crippen LogP contribution < -0.4 is 15.4 Å². The van der Waals surface area contributed by atoms with Crippen molar-refractivity contribution in [2.75, 3.05) is 70.3 Å². The molecule has 1 unspecified atom stereocenters. The standard InChI is InChI=1S/C31H38N6O5/c1-22(23-8-4-3-5-9-23)34-31-25-16-27(28(41-15-7-14-40-2)17-26(25)32-21-33-31)35-29(38)10-6-11-36-12-13-37-19-30(39)42-20-24(37)18-36/h3-6,8-10,16-17,21-22,24H,7,11-15,18-20H2,1-2H3,(H,35,38)(H,32,33,34)/t22?,24-/m1/s1. The van der Waals surface area contributed by atoms with Gasteiger partial charge < -0.3 is 24.8 Å². The van der Waals surface area contributed by atoms with E-state index in [2.05, 4.69) is 49.5 Å². The van der Waals surface area contributed by atoms with E-state index in [9.17, 15) is 9.59 Å². The summed E-state index contributed by atoms with van der Waals surface area (Å²) in [5, 5.41) is 7.25. The number of nitrogens with zero attached hydrogens (tertiary/aromatic N) is 4. The Hall–Kier alpha value is -4.06. The number of ether oxygens (including phenoxy) is 3. The van der Waals surface area contributed by atoms with Gasteiger partial charge in [0.05, 0.1) is 30.4 Å². The normalized spacial score (nSPS) is 18.4. The molecule has 0 spiro atoms. The highest BCUT2D eigenvalue weighted by Gasteiger charge is 2.32. The molecule has 2 aliphatic heterocycles. The van der Waals surface area contributed by atoms with Gasteiger partial charge in [-0.3, -0.25) is 19.4 Å². The van der Waals surface area contributed by atoms with Crippen molar-refractivity contribution in [2.24, 2.45) is 0 Å². The van der Waals surface area contributed by atoms with Crippen molar-refractivity contribution in [1.29, 1.82) is 0 Å². The van der Waals surface area contributed by atoms with Gasteiger partial charge in [0, 0.05) is 69.9 Å². The van der Waals surface area contributed by atoms with Gasteiger partial charge in [0.1, 0.15) is 24.5 Å². The highest BCUT2D eigenvalue weighted by atomic mass is 16.5. The Morgan fingerprint density at radius 2 is 2.05 bits per heavy atom. The minimum Gasteiger partial charge on any atom is -0.491 e. The second kappa shape index (κ2) is 14.2. The molecule has 11 nitrogen and oxygen atoms in total. The number of benzene rings is 2. The number of amides is 1.